The molecule has 0 amide bonds. The van der Waals surface area contributed by atoms with Crippen LogP contribution in [0.1, 0.15) is 5.69 Å². The molecule has 1 aromatic carbocycles. The van der Waals surface area contributed by atoms with Crippen LogP contribution in [0.15, 0.2) is 38.5 Å². The summed E-state index contributed by atoms with van der Waals surface area (Å²) in [7, 11) is 2.96. The number of aromatic nitrogens is 2. The number of rotatable bonds is 2. The molecule has 19 heavy (non-hydrogen) atoms. The van der Waals surface area contributed by atoms with Gasteiger partial charge in [0.1, 0.15) is 16.5 Å². The summed E-state index contributed by atoms with van der Waals surface area (Å²) in [5.74, 6) is 1.13. The Hall–Kier alpha value is -1.60. The Morgan fingerprint density at radius 1 is 1.32 bits per heavy atom. The molecular formula is C12H12N4OS2. The monoisotopic (exact) mass is 292 g/mol. The average Bonchev–Trinajstić information content (AvgIpc) is 2.83. The first kappa shape index (κ1) is 12.4. The third-order valence-electron chi connectivity index (χ3n) is 2.62. The molecule has 1 atom stereocenters. The Labute approximate surface area is 117 Å². The first-order chi connectivity index (χ1) is 9.17. The van der Waals surface area contributed by atoms with E-state index in [1.165, 1.54) is 0 Å². The number of nitrogens with two attached hydrogens (primary N) is 1. The van der Waals surface area contributed by atoms with Crippen LogP contribution in [0, 0.1) is 6.92 Å². The Balaban J connectivity index is 2.02. The van der Waals surface area contributed by atoms with Gasteiger partial charge in [-0.2, -0.15) is 0 Å². The SMILES string of the molecule is COc1cccc(S2=Nc3c(C)nc(N)nc3S2)c1. The normalized spacial score (nSPS) is 16.8. The zero-order valence-corrected chi connectivity index (χ0v) is 12.1. The fraction of sp³-hybridized carbons (Fsp3) is 0.167. The lowest BCUT2D eigenvalue weighted by Crippen LogP contribution is -1.97. The molecule has 0 bridgehead atoms. The summed E-state index contributed by atoms with van der Waals surface area (Å²) in [6, 6.07) is 7.93. The van der Waals surface area contributed by atoms with Crippen LogP contribution in [0.5, 0.6) is 5.75 Å². The summed E-state index contributed by atoms with van der Waals surface area (Å²) in [5.41, 5.74) is 7.35. The molecule has 1 aliphatic rings. The van der Waals surface area contributed by atoms with E-state index in [0.717, 1.165) is 27.1 Å². The van der Waals surface area contributed by atoms with E-state index in [1.807, 2.05) is 31.2 Å². The predicted molar refractivity (Wildman–Crippen MR) is 77.8 cm³/mol. The number of hydrogen-bond donors (Lipinski definition) is 1. The summed E-state index contributed by atoms with van der Waals surface area (Å²) in [4.78, 5) is 9.50. The van der Waals surface area contributed by atoms with Crippen LogP contribution in [0.4, 0.5) is 11.6 Å². The summed E-state index contributed by atoms with van der Waals surface area (Å²) < 4.78 is 9.93. The molecule has 0 saturated heterocycles. The minimum atomic E-state index is -0.314. The minimum absolute atomic E-state index is 0.301. The molecule has 2 N–H and O–H groups in total. The van der Waals surface area contributed by atoms with E-state index >= 15 is 0 Å². The first-order valence-corrected chi connectivity index (χ1v) is 8.11. The lowest BCUT2D eigenvalue weighted by molar-refractivity contribution is 0.413. The van der Waals surface area contributed by atoms with Crippen molar-refractivity contribution in [1.82, 2.24) is 9.97 Å². The molecule has 0 fully saturated rings. The molecule has 5 nitrogen and oxygen atoms in total. The van der Waals surface area contributed by atoms with Crippen LogP contribution in [0.2, 0.25) is 0 Å². The molecule has 7 heteroatoms. The lowest BCUT2D eigenvalue weighted by Gasteiger charge is -2.03. The number of ether oxygens (including phenoxy) is 1. The van der Waals surface area contributed by atoms with Gasteiger partial charge in [-0.15, -0.1) is 0 Å². The average molecular weight is 292 g/mol. The molecule has 1 unspecified atom stereocenters. The van der Waals surface area contributed by atoms with Gasteiger partial charge in [0, 0.05) is 14.6 Å². The molecule has 3 rings (SSSR count). The fourth-order valence-corrected chi connectivity index (χ4v) is 5.09. The quantitative estimate of drug-likeness (QED) is 0.680. The third kappa shape index (κ3) is 2.31. The molecule has 1 aromatic heterocycles. The molecule has 98 valence electrons. The Kier molecular flexibility index (Phi) is 3.16. The standard InChI is InChI=1S/C12H12N4OS2/c1-7-10-11(15-12(13)14-7)18-19(16-10)9-5-3-4-8(6-9)17-2/h3-6H,1-2H3,(H2,13,14,15). The van der Waals surface area contributed by atoms with Gasteiger partial charge in [0.2, 0.25) is 5.95 Å². The van der Waals surface area contributed by atoms with E-state index in [4.69, 9.17) is 14.8 Å². The number of benzene rings is 1. The van der Waals surface area contributed by atoms with Crippen molar-refractivity contribution in [3.8, 4) is 5.75 Å². The number of aryl methyl sites for hydroxylation is 1. The number of anilines is 1. The van der Waals surface area contributed by atoms with Gasteiger partial charge in [-0.3, -0.25) is 0 Å². The fourth-order valence-electron chi connectivity index (χ4n) is 1.71. The van der Waals surface area contributed by atoms with Crippen molar-refractivity contribution in [2.24, 2.45) is 4.36 Å². The highest BCUT2D eigenvalue weighted by Gasteiger charge is 2.21. The van der Waals surface area contributed by atoms with E-state index < -0.39 is 0 Å². The number of hydrogen-bond acceptors (Lipinski definition) is 6. The third-order valence-corrected chi connectivity index (χ3v) is 5.97. The van der Waals surface area contributed by atoms with Crippen molar-refractivity contribution < 1.29 is 4.74 Å². The van der Waals surface area contributed by atoms with Crippen molar-refractivity contribution in [2.45, 2.75) is 16.8 Å². The van der Waals surface area contributed by atoms with Gasteiger partial charge < -0.3 is 10.5 Å². The number of methoxy groups -OCH3 is 1. The lowest BCUT2D eigenvalue weighted by atomic mass is 10.3. The zero-order valence-electron chi connectivity index (χ0n) is 10.5. The Bertz CT molecular complexity index is 687. The number of nitrogen functional groups attached to an aromatic ring is 1. The van der Waals surface area contributed by atoms with Gasteiger partial charge >= 0.3 is 0 Å². The maximum atomic E-state index is 5.67. The zero-order chi connectivity index (χ0) is 13.4. The molecule has 0 radical (unpaired) electrons. The van der Waals surface area contributed by atoms with Gasteiger partial charge in [0.05, 0.1) is 12.8 Å². The first-order valence-electron chi connectivity index (χ1n) is 5.60. The highest BCUT2D eigenvalue weighted by molar-refractivity contribution is 8.70. The molecular weight excluding hydrogens is 280 g/mol. The highest BCUT2D eigenvalue weighted by atomic mass is 33.1. The van der Waals surface area contributed by atoms with Crippen LogP contribution in [0.25, 0.3) is 0 Å². The van der Waals surface area contributed by atoms with E-state index in [2.05, 4.69) is 9.97 Å². The summed E-state index contributed by atoms with van der Waals surface area (Å²) in [6.07, 6.45) is 0. The second-order valence-corrected chi connectivity index (χ2v) is 7.08. The molecule has 0 aliphatic carbocycles. The van der Waals surface area contributed by atoms with Gasteiger partial charge in [-0.05, 0) is 35.9 Å². The maximum Gasteiger partial charge on any atom is 0.221 e. The smallest absolute Gasteiger partial charge is 0.221 e. The van der Waals surface area contributed by atoms with Crippen LogP contribution >= 0.6 is 10.8 Å². The van der Waals surface area contributed by atoms with E-state index in [0.29, 0.717) is 5.95 Å². The van der Waals surface area contributed by atoms with Crippen LogP contribution < -0.4 is 10.5 Å². The number of nitrogens with zero attached hydrogens (tertiary/aromatic N) is 3. The van der Waals surface area contributed by atoms with Crippen LogP contribution in [0.3, 0.4) is 0 Å². The van der Waals surface area contributed by atoms with Crippen molar-refractivity contribution in [2.75, 3.05) is 12.8 Å². The molecule has 0 spiro atoms. The topological polar surface area (TPSA) is 73.4 Å². The van der Waals surface area contributed by atoms with Gasteiger partial charge in [0.25, 0.3) is 0 Å². The van der Waals surface area contributed by atoms with Crippen molar-refractivity contribution in [3.05, 3.63) is 30.0 Å². The van der Waals surface area contributed by atoms with Crippen molar-refractivity contribution in [3.63, 3.8) is 0 Å². The van der Waals surface area contributed by atoms with Crippen LogP contribution in [-0.2, 0) is 9.72 Å². The molecule has 2 heterocycles. The Morgan fingerprint density at radius 2 is 2.16 bits per heavy atom. The van der Waals surface area contributed by atoms with Crippen molar-refractivity contribution >= 4 is 32.2 Å². The van der Waals surface area contributed by atoms with E-state index in [1.54, 1.807) is 17.9 Å². The predicted octanol–water partition coefficient (Wildman–Crippen LogP) is 2.89. The molecule has 1 aliphatic heterocycles. The van der Waals surface area contributed by atoms with Gasteiger partial charge in [-0.1, -0.05) is 6.07 Å². The highest BCUT2D eigenvalue weighted by Crippen LogP contribution is 2.44. The van der Waals surface area contributed by atoms with Gasteiger partial charge in [-0.25, -0.2) is 14.3 Å². The summed E-state index contributed by atoms with van der Waals surface area (Å²) >= 11 is 0. The van der Waals surface area contributed by atoms with Gasteiger partial charge in [0.15, 0.2) is 0 Å². The second-order valence-electron chi connectivity index (χ2n) is 3.92. The molecule has 2 aromatic rings. The molecule has 0 saturated carbocycles. The maximum absolute atomic E-state index is 5.67. The summed E-state index contributed by atoms with van der Waals surface area (Å²) in [6.45, 7) is 1.90. The minimum Gasteiger partial charge on any atom is -0.497 e. The summed E-state index contributed by atoms with van der Waals surface area (Å²) in [5, 5.41) is 0.858. The van der Waals surface area contributed by atoms with E-state index in [-0.39, 0.29) is 9.72 Å². The van der Waals surface area contributed by atoms with Crippen molar-refractivity contribution in [1.29, 1.82) is 0 Å². The van der Waals surface area contributed by atoms with Crippen LogP contribution in [-0.4, -0.2) is 17.1 Å². The number of fused-ring (bicyclic) bond motifs is 1. The van der Waals surface area contributed by atoms with E-state index in [9.17, 15) is 0 Å². The second kappa shape index (κ2) is 4.82. The largest absolute Gasteiger partial charge is 0.497 e. The Morgan fingerprint density at radius 3 is 2.95 bits per heavy atom.